The van der Waals surface area contributed by atoms with E-state index >= 15 is 0 Å². The van der Waals surface area contributed by atoms with Crippen LogP contribution in [0.3, 0.4) is 0 Å². The molecule has 2 aromatic heterocycles. The van der Waals surface area contributed by atoms with Crippen molar-refractivity contribution >= 4 is 21.8 Å². The Morgan fingerprint density at radius 2 is 1.27 bits per heavy atom. The van der Waals surface area contributed by atoms with Gasteiger partial charge in [-0.1, -0.05) is 60.7 Å². The zero-order valence-corrected chi connectivity index (χ0v) is 18.9. The van der Waals surface area contributed by atoms with Crippen molar-refractivity contribution in [3.63, 3.8) is 0 Å². The summed E-state index contributed by atoms with van der Waals surface area (Å²) in [7, 11) is 2.10. The van der Waals surface area contributed by atoms with Gasteiger partial charge in [0.05, 0.1) is 11.0 Å². The summed E-state index contributed by atoms with van der Waals surface area (Å²) in [5.74, 6) is 0. The first kappa shape index (κ1) is 19.5. The molecule has 33 heavy (non-hydrogen) atoms. The van der Waals surface area contributed by atoms with Gasteiger partial charge in [0, 0.05) is 34.2 Å². The molecule has 2 heterocycles. The van der Waals surface area contributed by atoms with Crippen LogP contribution in [0.5, 0.6) is 0 Å². The molecule has 0 fully saturated rings. The molecule has 0 radical (unpaired) electrons. The molecule has 0 atom stereocenters. The van der Waals surface area contributed by atoms with Gasteiger partial charge in [0.25, 0.3) is 0 Å². The van der Waals surface area contributed by atoms with Crippen LogP contribution >= 0.6 is 0 Å². The average molecular weight is 426 g/mol. The van der Waals surface area contributed by atoms with Crippen molar-refractivity contribution in [2.24, 2.45) is 7.05 Å². The number of hydrogen-bond donors (Lipinski definition) is 0. The number of nitrogens with zero attached hydrogens (tertiary/aromatic N) is 2. The third-order valence-corrected chi connectivity index (χ3v) is 6.59. The van der Waals surface area contributed by atoms with Crippen molar-refractivity contribution in [1.29, 1.82) is 0 Å². The molecule has 2 heteroatoms. The summed E-state index contributed by atoms with van der Waals surface area (Å²) in [6.07, 6.45) is 2.10. The lowest BCUT2D eigenvalue weighted by Gasteiger charge is -2.12. The molecule has 2 nitrogen and oxygen atoms in total. The first-order valence-electron chi connectivity index (χ1n) is 11.4. The Morgan fingerprint density at radius 1 is 0.606 bits per heavy atom. The minimum absolute atomic E-state index is 1.18. The third-order valence-electron chi connectivity index (χ3n) is 6.59. The van der Waals surface area contributed by atoms with Crippen molar-refractivity contribution in [1.82, 2.24) is 4.57 Å². The number of rotatable bonds is 3. The number of aromatic nitrogens is 2. The van der Waals surface area contributed by atoms with E-state index in [4.69, 9.17) is 0 Å². The van der Waals surface area contributed by atoms with E-state index in [0.29, 0.717) is 0 Å². The van der Waals surface area contributed by atoms with E-state index in [-0.39, 0.29) is 0 Å². The Kier molecular flexibility index (Phi) is 4.58. The minimum Gasteiger partial charge on any atom is -0.309 e. The molecule has 0 bridgehead atoms. The summed E-state index contributed by atoms with van der Waals surface area (Å²) < 4.78 is 4.56. The maximum Gasteiger partial charge on any atom is 0.212 e. The summed E-state index contributed by atoms with van der Waals surface area (Å²) in [6.45, 7) is 2.18. The van der Waals surface area contributed by atoms with E-state index in [1.165, 1.54) is 55.4 Å². The van der Waals surface area contributed by atoms with Crippen LogP contribution in [0.25, 0.3) is 49.9 Å². The van der Waals surface area contributed by atoms with Crippen LogP contribution in [0.1, 0.15) is 5.56 Å². The highest BCUT2D eigenvalue weighted by Gasteiger charge is 2.14. The van der Waals surface area contributed by atoms with Crippen molar-refractivity contribution in [2.75, 3.05) is 0 Å². The molecule has 158 valence electrons. The molecule has 0 aliphatic heterocycles. The highest BCUT2D eigenvalue weighted by Crippen LogP contribution is 2.34. The molecular weight excluding hydrogens is 400 g/mol. The van der Waals surface area contributed by atoms with Crippen LogP contribution in [-0.2, 0) is 7.05 Å². The van der Waals surface area contributed by atoms with Crippen LogP contribution in [-0.4, -0.2) is 4.57 Å². The van der Waals surface area contributed by atoms with Crippen molar-refractivity contribution in [2.45, 2.75) is 6.92 Å². The monoisotopic (exact) mass is 425 g/mol. The Bertz CT molecular complexity index is 1590. The summed E-state index contributed by atoms with van der Waals surface area (Å²) in [6, 6.07) is 39.3. The van der Waals surface area contributed by atoms with Crippen molar-refractivity contribution in [3.8, 4) is 28.1 Å². The number of benzene rings is 4. The third kappa shape index (κ3) is 3.23. The Balaban J connectivity index is 1.54. The highest BCUT2D eigenvalue weighted by molar-refractivity contribution is 6.09. The van der Waals surface area contributed by atoms with Crippen molar-refractivity contribution in [3.05, 3.63) is 121 Å². The quantitative estimate of drug-likeness (QED) is 0.264. The van der Waals surface area contributed by atoms with Gasteiger partial charge in [-0.15, -0.1) is 0 Å². The highest BCUT2D eigenvalue weighted by atomic mass is 15.0. The molecule has 6 rings (SSSR count). The second-order valence-corrected chi connectivity index (χ2v) is 8.65. The fraction of sp³-hybridized carbons (Fsp3) is 0.0645. The van der Waals surface area contributed by atoms with E-state index in [1.807, 2.05) is 0 Å². The van der Waals surface area contributed by atoms with E-state index in [9.17, 15) is 0 Å². The second kappa shape index (κ2) is 7.75. The van der Waals surface area contributed by atoms with E-state index in [1.54, 1.807) is 0 Å². The van der Waals surface area contributed by atoms with Gasteiger partial charge < -0.3 is 4.57 Å². The zero-order chi connectivity index (χ0) is 22.4. The normalized spacial score (nSPS) is 11.3. The first-order valence-corrected chi connectivity index (χ1v) is 11.4. The molecule has 0 saturated heterocycles. The largest absolute Gasteiger partial charge is 0.309 e. The predicted octanol–water partition coefficient (Wildman–Crippen LogP) is 7.25. The second-order valence-electron chi connectivity index (χ2n) is 8.65. The van der Waals surface area contributed by atoms with Gasteiger partial charge in [-0.25, -0.2) is 4.57 Å². The summed E-state index contributed by atoms with van der Waals surface area (Å²) in [5, 5.41) is 2.57. The zero-order valence-electron chi connectivity index (χ0n) is 18.9. The van der Waals surface area contributed by atoms with Crippen LogP contribution in [0.2, 0.25) is 0 Å². The fourth-order valence-corrected chi connectivity index (χ4v) is 4.91. The van der Waals surface area contributed by atoms with Gasteiger partial charge >= 0.3 is 0 Å². The Labute approximate surface area is 194 Å². The molecule has 4 aromatic carbocycles. The number of hydrogen-bond acceptors (Lipinski definition) is 0. The maximum atomic E-state index is 2.38. The van der Waals surface area contributed by atoms with Gasteiger partial charge in [0.2, 0.25) is 5.69 Å². The standard InChI is InChI=1S/C31H25N2/c1-22-17-18-24(21-28(22)29-14-7-8-19-32(29)2)23-10-9-11-25(20-23)33-30-15-5-3-12-26(30)27-13-4-6-16-31(27)33/h3-21H,1-2H3/q+1. The lowest BCUT2D eigenvalue weighted by molar-refractivity contribution is -0.660. The summed E-state index contributed by atoms with van der Waals surface area (Å²) in [4.78, 5) is 0. The lowest BCUT2D eigenvalue weighted by Crippen LogP contribution is -2.30. The van der Waals surface area contributed by atoms with Gasteiger partial charge in [0.1, 0.15) is 7.05 Å². The average Bonchev–Trinajstić information content (AvgIpc) is 3.19. The number of para-hydroxylation sites is 2. The van der Waals surface area contributed by atoms with E-state index in [2.05, 4.69) is 138 Å². The predicted molar refractivity (Wildman–Crippen MR) is 138 cm³/mol. The van der Waals surface area contributed by atoms with E-state index in [0.717, 1.165) is 0 Å². The molecular formula is C31H25N2+. The van der Waals surface area contributed by atoms with Crippen LogP contribution in [0, 0.1) is 6.92 Å². The summed E-state index contributed by atoms with van der Waals surface area (Å²) in [5.41, 5.74) is 9.84. The van der Waals surface area contributed by atoms with E-state index < -0.39 is 0 Å². The lowest BCUT2D eigenvalue weighted by atomic mass is 9.97. The molecule has 0 aliphatic rings. The molecule has 0 amide bonds. The Hall–Kier alpha value is -4.17. The van der Waals surface area contributed by atoms with Crippen LogP contribution < -0.4 is 4.57 Å². The molecule has 0 saturated carbocycles. The number of fused-ring (bicyclic) bond motifs is 3. The minimum atomic E-state index is 1.18. The summed E-state index contributed by atoms with van der Waals surface area (Å²) >= 11 is 0. The van der Waals surface area contributed by atoms with Gasteiger partial charge in [-0.2, -0.15) is 0 Å². The Morgan fingerprint density at radius 3 is 2.00 bits per heavy atom. The first-order chi connectivity index (χ1) is 16.2. The molecule has 0 N–H and O–H groups in total. The SMILES string of the molecule is Cc1ccc(-c2cccc(-n3c4ccccc4c4ccccc43)c2)cc1-c1cccc[n+]1C. The molecule has 0 aliphatic carbocycles. The van der Waals surface area contributed by atoms with Gasteiger partial charge in [-0.05, 0) is 60.0 Å². The fourth-order valence-electron chi connectivity index (χ4n) is 4.91. The van der Waals surface area contributed by atoms with Crippen LogP contribution in [0.4, 0.5) is 0 Å². The van der Waals surface area contributed by atoms with Gasteiger partial charge in [0.15, 0.2) is 6.20 Å². The maximum absolute atomic E-state index is 2.38. The molecule has 0 unspecified atom stereocenters. The number of pyridine rings is 1. The van der Waals surface area contributed by atoms with Crippen LogP contribution in [0.15, 0.2) is 115 Å². The molecule has 6 aromatic rings. The van der Waals surface area contributed by atoms with Gasteiger partial charge in [-0.3, -0.25) is 0 Å². The topological polar surface area (TPSA) is 8.81 Å². The van der Waals surface area contributed by atoms with Crippen molar-refractivity contribution < 1.29 is 4.57 Å². The smallest absolute Gasteiger partial charge is 0.212 e. The number of aryl methyl sites for hydroxylation is 2. The molecule has 0 spiro atoms.